The Morgan fingerprint density at radius 2 is 2.00 bits per heavy atom. The van der Waals surface area contributed by atoms with Gasteiger partial charge in [-0.2, -0.15) is 0 Å². The SMILES string of the molecule is Cc1nc(CN2CCN(Cc3ccccc3)C(=O)C2)cs1. The summed E-state index contributed by atoms with van der Waals surface area (Å²) in [5, 5.41) is 3.16. The minimum Gasteiger partial charge on any atom is -0.336 e. The van der Waals surface area contributed by atoms with Gasteiger partial charge in [-0.25, -0.2) is 4.98 Å². The summed E-state index contributed by atoms with van der Waals surface area (Å²) in [5.74, 6) is 0.206. The topological polar surface area (TPSA) is 36.4 Å². The summed E-state index contributed by atoms with van der Waals surface area (Å²) < 4.78 is 0. The average Bonchev–Trinajstić information content (AvgIpc) is 2.88. The van der Waals surface area contributed by atoms with Crippen molar-refractivity contribution in [2.75, 3.05) is 19.6 Å². The summed E-state index contributed by atoms with van der Waals surface area (Å²) in [4.78, 5) is 20.9. The maximum Gasteiger partial charge on any atom is 0.237 e. The van der Waals surface area contributed by atoms with Gasteiger partial charge >= 0.3 is 0 Å². The fourth-order valence-electron chi connectivity index (χ4n) is 2.57. The third kappa shape index (κ3) is 3.68. The van der Waals surface area contributed by atoms with Crippen LogP contribution in [0.15, 0.2) is 35.7 Å². The number of amides is 1. The Balaban J connectivity index is 1.55. The van der Waals surface area contributed by atoms with Crippen LogP contribution in [-0.4, -0.2) is 40.3 Å². The minimum atomic E-state index is 0.206. The van der Waals surface area contributed by atoms with E-state index >= 15 is 0 Å². The molecule has 21 heavy (non-hydrogen) atoms. The molecular formula is C16H19N3OS. The molecule has 0 N–H and O–H groups in total. The zero-order valence-corrected chi connectivity index (χ0v) is 13.0. The van der Waals surface area contributed by atoms with Gasteiger partial charge in [-0.3, -0.25) is 9.69 Å². The normalized spacial score (nSPS) is 16.4. The Morgan fingerprint density at radius 3 is 2.67 bits per heavy atom. The Bertz CT molecular complexity index is 611. The molecule has 2 aromatic rings. The molecule has 2 heterocycles. The molecule has 0 atom stereocenters. The molecule has 0 unspecified atom stereocenters. The van der Waals surface area contributed by atoms with E-state index < -0.39 is 0 Å². The number of carbonyl (C=O) groups is 1. The van der Waals surface area contributed by atoms with E-state index in [1.165, 1.54) is 5.56 Å². The molecule has 1 fully saturated rings. The highest BCUT2D eigenvalue weighted by Crippen LogP contribution is 2.14. The van der Waals surface area contributed by atoms with E-state index in [-0.39, 0.29) is 5.91 Å². The third-order valence-corrected chi connectivity index (χ3v) is 4.49. The van der Waals surface area contributed by atoms with Crippen molar-refractivity contribution in [2.24, 2.45) is 0 Å². The molecule has 0 aliphatic carbocycles. The van der Waals surface area contributed by atoms with Crippen molar-refractivity contribution in [1.82, 2.24) is 14.8 Å². The first-order valence-corrected chi connectivity index (χ1v) is 8.04. The Hall–Kier alpha value is -1.72. The van der Waals surface area contributed by atoms with Gasteiger partial charge in [0.05, 0.1) is 17.2 Å². The lowest BCUT2D eigenvalue weighted by molar-refractivity contribution is -0.136. The van der Waals surface area contributed by atoms with Crippen molar-refractivity contribution < 1.29 is 4.79 Å². The number of thiazole rings is 1. The molecule has 0 spiro atoms. The smallest absolute Gasteiger partial charge is 0.237 e. The van der Waals surface area contributed by atoms with E-state index in [1.54, 1.807) is 11.3 Å². The lowest BCUT2D eigenvalue weighted by Gasteiger charge is -2.34. The highest BCUT2D eigenvalue weighted by Gasteiger charge is 2.24. The van der Waals surface area contributed by atoms with Crippen molar-refractivity contribution in [2.45, 2.75) is 20.0 Å². The average molecular weight is 301 g/mol. The number of nitrogens with zero attached hydrogens (tertiary/aromatic N) is 3. The Kier molecular flexibility index (Phi) is 4.31. The van der Waals surface area contributed by atoms with Crippen molar-refractivity contribution in [1.29, 1.82) is 0 Å². The van der Waals surface area contributed by atoms with Crippen LogP contribution in [-0.2, 0) is 17.9 Å². The van der Waals surface area contributed by atoms with Crippen LogP contribution in [0.1, 0.15) is 16.3 Å². The first-order chi connectivity index (χ1) is 10.2. The predicted octanol–water partition coefficient (Wildman–Crippen LogP) is 2.30. The van der Waals surface area contributed by atoms with Crippen LogP contribution in [0.5, 0.6) is 0 Å². The summed E-state index contributed by atoms with van der Waals surface area (Å²) >= 11 is 1.66. The number of hydrogen-bond acceptors (Lipinski definition) is 4. The third-order valence-electron chi connectivity index (χ3n) is 3.67. The molecule has 3 rings (SSSR count). The van der Waals surface area contributed by atoms with Gasteiger partial charge in [0.25, 0.3) is 0 Å². The largest absolute Gasteiger partial charge is 0.336 e. The molecule has 0 saturated carbocycles. The van der Waals surface area contributed by atoms with Gasteiger partial charge in [-0.05, 0) is 12.5 Å². The maximum atomic E-state index is 12.3. The number of hydrogen-bond donors (Lipinski definition) is 0. The highest BCUT2D eigenvalue weighted by atomic mass is 32.1. The second-order valence-electron chi connectivity index (χ2n) is 5.37. The summed E-state index contributed by atoms with van der Waals surface area (Å²) in [7, 11) is 0. The molecule has 0 radical (unpaired) electrons. The maximum absolute atomic E-state index is 12.3. The molecule has 4 nitrogen and oxygen atoms in total. The van der Waals surface area contributed by atoms with Crippen molar-refractivity contribution in [3.63, 3.8) is 0 Å². The first kappa shape index (κ1) is 14.2. The number of benzene rings is 1. The Labute approximate surface area is 129 Å². The summed E-state index contributed by atoms with van der Waals surface area (Å²) in [5.41, 5.74) is 2.26. The molecule has 110 valence electrons. The zero-order valence-electron chi connectivity index (χ0n) is 12.2. The molecule has 1 aliphatic heterocycles. The van der Waals surface area contributed by atoms with Crippen molar-refractivity contribution >= 4 is 17.2 Å². The van der Waals surface area contributed by atoms with E-state index in [0.717, 1.165) is 30.3 Å². The molecule has 1 aromatic carbocycles. The van der Waals surface area contributed by atoms with Crippen LogP contribution in [0.2, 0.25) is 0 Å². The summed E-state index contributed by atoms with van der Waals surface area (Å²) in [6.45, 7) is 5.69. The van der Waals surface area contributed by atoms with E-state index in [4.69, 9.17) is 0 Å². The van der Waals surface area contributed by atoms with Gasteiger partial charge in [0, 0.05) is 31.6 Å². The van der Waals surface area contributed by atoms with E-state index in [1.807, 2.05) is 30.0 Å². The number of rotatable bonds is 4. The molecule has 0 bridgehead atoms. The van der Waals surface area contributed by atoms with E-state index in [0.29, 0.717) is 13.1 Å². The van der Waals surface area contributed by atoms with Gasteiger partial charge in [0.1, 0.15) is 0 Å². The Morgan fingerprint density at radius 1 is 1.19 bits per heavy atom. The molecule has 1 aliphatic rings. The fraction of sp³-hybridized carbons (Fsp3) is 0.375. The molecule has 1 aromatic heterocycles. The van der Waals surface area contributed by atoms with Gasteiger partial charge in [0.15, 0.2) is 0 Å². The van der Waals surface area contributed by atoms with E-state index in [9.17, 15) is 4.79 Å². The summed E-state index contributed by atoms with van der Waals surface area (Å²) in [6, 6.07) is 10.2. The predicted molar refractivity (Wildman–Crippen MR) is 84.0 cm³/mol. The number of carbonyl (C=O) groups excluding carboxylic acids is 1. The molecule has 1 amide bonds. The number of piperazine rings is 1. The molecular weight excluding hydrogens is 282 g/mol. The number of aromatic nitrogens is 1. The second-order valence-corrected chi connectivity index (χ2v) is 6.43. The van der Waals surface area contributed by atoms with Crippen LogP contribution in [0.25, 0.3) is 0 Å². The standard InChI is InChI=1S/C16H19N3OS/c1-13-17-15(12-21-13)10-18-7-8-19(16(20)11-18)9-14-5-3-2-4-6-14/h2-6,12H,7-11H2,1H3. The van der Waals surface area contributed by atoms with Crippen LogP contribution >= 0.6 is 11.3 Å². The lowest BCUT2D eigenvalue weighted by Crippen LogP contribution is -2.49. The van der Waals surface area contributed by atoms with Crippen molar-refractivity contribution in [3.8, 4) is 0 Å². The van der Waals surface area contributed by atoms with Crippen LogP contribution in [0.4, 0.5) is 0 Å². The van der Waals surface area contributed by atoms with E-state index in [2.05, 4.69) is 27.4 Å². The first-order valence-electron chi connectivity index (χ1n) is 7.16. The van der Waals surface area contributed by atoms with Crippen molar-refractivity contribution in [3.05, 3.63) is 52.0 Å². The lowest BCUT2D eigenvalue weighted by atomic mass is 10.2. The van der Waals surface area contributed by atoms with Gasteiger partial charge < -0.3 is 4.90 Å². The van der Waals surface area contributed by atoms with Crippen LogP contribution in [0.3, 0.4) is 0 Å². The second kappa shape index (κ2) is 6.37. The molecule has 1 saturated heterocycles. The van der Waals surface area contributed by atoms with Crippen LogP contribution in [0, 0.1) is 6.92 Å². The van der Waals surface area contributed by atoms with Crippen LogP contribution < -0.4 is 0 Å². The minimum absolute atomic E-state index is 0.206. The highest BCUT2D eigenvalue weighted by molar-refractivity contribution is 7.09. The van der Waals surface area contributed by atoms with Gasteiger partial charge in [-0.1, -0.05) is 30.3 Å². The zero-order chi connectivity index (χ0) is 14.7. The van der Waals surface area contributed by atoms with Gasteiger partial charge in [-0.15, -0.1) is 11.3 Å². The molecule has 5 heteroatoms. The quantitative estimate of drug-likeness (QED) is 0.869. The fourth-order valence-corrected chi connectivity index (χ4v) is 3.18. The van der Waals surface area contributed by atoms with Gasteiger partial charge in [0.2, 0.25) is 5.91 Å². The monoisotopic (exact) mass is 301 g/mol. The number of aryl methyl sites for hydroxylation is 1. The summed E-state index contributed by atoms with van der Waals surface area (Å²) in [6.07, 6.45) is 0.